The lowest BCUT2D eigenvalue weighted by Gasteiger charge is -2.06. The maximum absolute atomic E-state index is 12.3. The minimum absolute atomic E-state index is 0.0313. The van der Waals surface area contributed by atoms with E-state index in [1.54, 1.807) is 11.8 Å². The summed E-state index contributed by atoms with van der Waals surface area (Å²) in [7, 11) is 0. The van der Waals surface area contributed by atoms with Crippen molar-refractivity contribution in [3.8, 4) is 11.5 Å². The zero-order chi connectivity index (χ0) is 19.3. The van der Waals surface area contributed by atoms with Gasteiger partial charge >= 0.3 is 0 Å². The molecule has 0 spiro atoms. The molecule has 0 saturated heterocycles. The number of hydrogen-bond acceptors (Lipinski definition) is 4. The number of nitrogens with zero attached hydrogens (tertiary/aromatic N) is 1. The number of nitrogens with one attached hydrogen (secondary N) is 1. The lowest BCUT2D eigenvalue weighted by atomic mass is 10.2. The Bertz CT molecular complexity index is 1080. The second-order valence-electron chi connectivity index (χ2n) is 6.17. The average Bonchev–Trinajstić information content (AvgIpc) is 3.14. The molecule has 1 N–H and O–H groups in total. The highest BCUT2D eigenvalue weighted by Gasteiger charge is 2.09. The van der Waals surface area contributed by atoms with Gasteiger partial charge in [0.25, 0.3) is 0 Å². The normalized spacial score (nSPS) is 10.9. The van der Waals surface area contributed by atoms with Gasteiger partial charge in [-0.2, -0.15) is 0 Å². The van der Waals surface area contributed by atoms with Gasteiger partial charge in [-0.05, 0) is 54.6 Å². The van der Waals surface area contributed by atoms with Crippen molar-refractivity contribution in [3.05, 3.63) is 77.8 Å². The van der Waals surface area contributed by atoms with Crippen molar-refractivity contribution in [2.45, 2.75) is 11.3 Å². The van der Waals surface area contributed by atoms with Gasteiger partial charge in [-0.1, -0.05) is 29.8 Å². The number of para-hydroxylation sites is 2. The van der Waals surface area contributed by atoms with Gasteiger partial charge in [0, 0.05) is 33.3 Å². The van der Waals surface area contributed by atoms with Crippen LogP contribution >= 0.6 is 23.4 Å². The van der Waals surface area contributed by atoms with E-state index in [2.05, 4.69) is 10.3 Å². The lowest BCUT2D eigenvalue weighted by Crippen LogP contribution is -2.12. The molecule has 0 bridgehead atoms. The Balaban J connectivity index is 1.37. The molecule has 4 aromatic rings. The molecule has 1 amide bonds. The lowest BCUT2D eigenvalue weighted by molar-refractivity contribution is -0.115. The highest BCUT2D eigenvalue weighted by Crippen LogP contribution is 2.26. The van der Waals surface area contributed by atoms with Crippen LogP contribution in [0.1, 0.15) is 6.42 Å². The molecule has 140 valence electrons. The van der Waals surface area contributed by atoms with Crippen LogP contribution in [0, 0.1) is 0 Å². The molecule has 1 aromatic heterocycles. The second kappa shape index (κ2) is 8.50. The Kier molecular flexibility index (Phi) is 5.65. The molecule has 0 unspecified atom stereocenters. The minimum Gasteiger partial charge on any atom is -0.436 e. The van der Waals surface area contributed by atoms with E-state index in [0.29, 0.717) is 23.1 Å². The standard InChI is InChI=1S/C22H17ClN2O2S/c23-16-8-10-18(11-9-16)28-13-12-21(26)24-17-5-3-4-15(14-17)22-25-19-6-1-2-7-20(19)27-22/h1-11,14H,12-13H2,(H,24,26). The van der Waals surface area contributed by atoms with Gasteiger partial charge in [0.15, 0.2) is 5.58 Å². The first-order valence-corrected chi connectivity index (χ1v) is 10.2. The van der Waals surface area contributed by atoms with E-state index in [-0.39, 0.29) is 5.91 Å². The fourth-order valence-corrected chi connectivity index (χ4v) is 3.72. The summed E-state index contributed by atoms with van der Waals surface area (Å²) in [6.07, 6.45) is 0.417. The summed E-state index contributed by atoms with van der Waals surface area (Å²) in [6, 6.07) is 22.8. The molecule has 28 heavy (non-hydrogen) atoms. The van der Waals surface area contributed by atoms with Crippen LogP contribution in [0.5, 0.6) is 0 Å². The van der Waals surface area contributed by atoms with Crippen LogP contribution in [0.25, 0.3) is 22.6 Å². The van der Waals surface area contributed by atoms with Gasteiger partial charge in [-0.3, -0.25) is 4.79 Å². The number of hydrogen-bond donors (Lipinski definition) is 1. The van der Waals surface area contributed by atoms with Gasteiger partial charge in [-0.25, -0.2) is 4.98 Å². The van der Waals surface area contributed by atoms with E-state index in [4.69, 9.17) is 16.0 Å². The minimum atomic E-state index is -0.0313. The third-order valence-electron chi connectivity index (χ3n) is 4.10. The van der Waals surface area contributed by atoms with Gasteiger partial charge < -0.3 is 9.73 Å². The van der Waals surface area contributed by atoms with Gasteiger partial charge in [-0.15, -0.1) is 11.8 Å². The fraction of sp³-hybridized carbons (Fsp3) is 0.0909. The number of thioether (sulfide) groups is 1. The van der Waals surface area contributed by atoms with E-state index < -0.39 is 0 Å². The molecule has 3 aromatic carbocycles. The maximum atomic E-state index is 12.3. The number of anilines is 1. The molecule has 0 aliphatic heterocycles. The van der Waals surface area contributed by atoms with E-state index >= 15 is 0 Å². The van der Waals surface area contributed by atoms with Crippen molar-refractivity contribution in [2.24, 2.45) is 0 Å². The van der Waals surface area contributed by atoms with E-state index in [9.17, 15) is 4.79 Å². The Morgan fingerprint density at radius 1 is 1.04 bits per heavy atom. The Hall–Kier alpha value is -2.76. The number of oxazole rings is 1. The number of benzene rings is 3. The Labute approximate surface area is 171 Å². The Morgan fingerprint density at radius 3 is 2.68 bits per heavy atom. The van der Waals surface area contributed by atoms with Crippen LogP contribution in [0.2, 0.25) is 5.02 Å². The number of carbonyl (C=O) groups excluding carboxylic acids is 1. The molecule has 0 aliphatic rings. The Morgan fingerprint density at radius 2 is 1.86 bits per heavy atom. The summed E-state index contributed by atoms with van der Waals surface area (Å²) in [5, 5.41) is 3.65. The van der Waals surface area contributed by atoms with Crippen molar-refractivity contribution in [2.75, 3.05) is 11.1 Å². The van der Waals surface area contributed by atoms with Crippen LogP contribution in [-0.2, 0) is 4.79 Å². The first-order valence-electron chi connectivity index (χ1n) is 8.82. The number of halogens is 1. The van der Waals surface area contributed by atoms with Crippen LogP contribution in [0.15, 0.2) is 82.1 Å². The van der Waals surface area contributed by atoms with Gasteiger partial charge in [0.2, 0.25) is 11.8 Å². The molecule has 0 radical (unpaired) electrons. The fourth-order valence-electron chi connectivity index (χ4n) is 2.74. The first-order chi connectivity index (χ1) is 13.7. The third-order valence-corrected chi connectivity index (χ3v) is 5.36. The largest absolute Gasteiger partial charge is 0.436 e. The molecule has 6 heteroatoms. The molecular formula is C22H17ClN2O2S. The summed E-state index contributed by atoms with van der Waals surface area (Å²) in [6.45, 7) is 0. The van der Waals surface area contributed by atoms with Crippen molar-refractivity contribution in [3.63, 3.8) is 0 Å². The van der Waals surface area contributed by atoms with Crippen molar-refractivity contribution < 1.29 is 9.21 Å². The van der Waals surface area contributed by atoms with E-state index in [1.165, 1.54) is 0 Å². The van der Waals surface area contributed by atoms with Crippen LogP contribution < -0.4 is 5.32 Å². The number of rotatable bonds is 6. The number of amides is 1. The molecule has 4 nitrogen and oxygen atoms in total. The van der Waals surface area contributed by atoms with Crippen LogP contribution in [0.3, 0.4) is 0 Å². The zero-order valence-electron chi connectivity index (χ0n) is 14.9. The summed E-state index contributed by atoms with van der Waals surface area (Å²) in [4.78, 5) is 17.9. The van der Waals surface area contributed by atoms with Crippen LogP contribution in [0.4, 0.5) is 5.69 Å². The third kappa shape index (κ3) is 4.55. The van der Waals surface area contributed by atoms with Crippen molar-refractivity contribution in [1.29, 1.82) is 0 Å². The van der Waals surface area contributed by atoms with E-state index in [0.717, 1.165) is 27.2 Å². The summed E-state index contributed by atoms with van der Waals surface area (Å²) < 4.78 is 5.80. The topological polar surface area (TPSA) is 55.1 Å². The van der Waals surface area contributed by atoms with Crippen molar-refractivity contribution >= 4 is 46.1 Å². The molecule has 0 saturated carbocycles. The molecule has 4 rings (SSSR count). The summed E-state index contributed by atoms with van der Waals surface area (Å²) in [5.74, 6) is 1.20. The summed E-state index contributed by atoms with van der Waals surface area (Å²) >= 11 is 7.51. The number of aromatic nitrogens is 1. The van der Waals surface area contributed by atoms with Crippen LogP contribution in [-0.4, -0.2) is 16.6 Å². The second-order valence-corrected chi connectivity index (χ2v) is 7.77. The molecule has 0 atom stereocenters. The van der Waals surface area contributed by atoms with Crippen molar-refractivity contribution in [1.82, 2.24) is 4.98 Å². The molecule has 0 fully saturated rings. The maximum Gasteiger partial charge on any atom is 0.227 e. The number of carbonyl (C=O) groups is 1. The van der Waals surface area contributed by atoms with Gasteiger partial charge in [0.1, 0.15) is 5.52 Å². The van der Waals surface area contributed by atoms with E-state index in [1.807, 2.05) is 72.8 Å². The number of fused-ring (bicyclic) bond motifs is 1. The monoisotopic (exact) mass is 408 g/mol. The predicted octanol–water partition coefficient (Wildman–Crippen LogP) is 6.27. The molecule has 1 heterocycles. The SMILES string of the molecule is O=C(CCSc1ccc(Cl)cc1)Nc1cccc(-c2nc3ccccc3o2)c1. The smallest absolute Gasteiger partial charge is 0.227 e. The molecule has 0 aliphatic carbocycles. The highest BCUT2D eigenvalue weighted by molar-refractivity contribution is 7.99. The van der Waals surface area contributed by atoms with Gasteiger partial charge in [0.05, 0.1) is 0 Å². The average molecular weight is 409 g/mol. The quantitative estimate of drug-likeness (QED) is 0.382. The predicted molar refractivity (Wildman–Crippen MR) is 115 cm³/mol. The zero-order valence-corrected chi connectivity index (χ0v) is 16.5. The highest BCUT2D eigenvalue weighted by atomic mass is 35.5. The summed E-state index contributed by atoms with van der Waals surface area (Å²) in [5.41, 5.74) is 3.10. The first kappa shape index (κ1) is 18.6. The molecular weight excluding hydrogens is 392 g/mol.